The molecular formula is C19H20F3NO. The molecule has 0 aliphatic carbocycles. The zero-order chi connectivity index (χ0) is 17.3. The van der Waals surface area contributed by atoms with E-state index < -0.39 is 11.7 Å². The molecule has 2 aromatic carbocycles. The number of fused-ring (bicyclic) bond motifs is 1. The summed E-state index contributed by atoms with van der Waals surface area (Å²) >= 11 is 0. The third-order valence-corrected chi connectivity index (χ3v) is 4.38. The summed E-state index contributed by atoms with van der Waals surface area (Å²) in [5.74, 6) is 1.30. The van der Waals surface area contributed by atoms with Crippen molar-refractivity contribution in [1.82, 2.24) is 5.32 Å². The highest BCUT2D eigenvalue weighted by Gasteiger charge is 2.30. The molecule has 2 nitrogen and oxygen atoms in total. The van der Waals surface area contributed by atoms with E-state index in [1.54, 1.807) is 0 Å². The minimum atomic E-state index is -4.31. The molecule has 5 heteroatoms. The molecule has 24 heavy (non-hydrogen) atoms. The average molecular weight is 335 g/mol. The van der Waals surface area contributed by atoms with Gasteiger partial charge in [0, 0.05) is 18.2 Å². The second-order valence-corrected chi connectivity index (χ2v) is 6.44. The van der Waals surface area contributed by atoms with Gasteiger partial charge in [-0.25, -0.2) is 0 Å². The largest absolute Gasteiger partial charge is 0.492 e. The maximum Gasteiger partial charge on any atom is 0.416 e. The Balaban J connectivity index is 1.85. The Kier molecular flexibility index (Phi) is 4.54. The number of rotatable bonds is 2. The van der Waals surface area contributed by atoms with Crippen LogP contribution in [0.4, 0.5) is 13.2 Å². The van der Waals surface area contributed by atoms with Crippen molar-refractivity contribution in [2.45, 2.75) is 32.6 Å². The molecule has 1 aliphatic rings. The van der Waals surface area contributed by atoms with Gasteiger partial charge in [0.15, 0.2) is 0 Å². The zero-order valence-electron chi connectivity index (χ0n) is 13.7. The lowest BCUT2D eigenvalue weighted by Gasteiger charge is -2.18. The van der Waals surface area contributed by atoms with E-state index in [0.717, 1.165) is 34.6 Å². The molecule has 1 heterocycles. The summed E-state index contributed by atoms with van der Waals surface area (Å²) < 4.78 is 43.9. The van der Waals surface area contributed by atoms with Gasteiger partial charge in [-0.05, 0) is 41.3 Å². The van der Waals surface area contributed by atoms with Gasteiger partial charge >= 0.3 is 6.18 Å². The number of hydrogen-bond donors (Lipinski definition) is 1. The number of nitrogens with one attached hydrogen (secondary N) is 1. The van der Waals surface area contributed by atoms with Crippen LogP contribution in [0.2, 0.25) is 0 Å². The van der Waals surface area contributed by atoms with E-state index in [4.69, 9.17) is 4.74 Å². The summed E-state index contributed by atoms with van der Waals surface area (Å²) in [4.78, 5) is 0. The fraction of sp³-hybridized carbons (Fsp3) is 0.368. The average Bonchev–Trinajstić information content (AvgIpc) is 2.76. The molecule has 3 rings (SSSR count). The van der Waals surface area contributed by atoms with Crippen molar-refractivity contribution in [3.63, 3.8) is 0 Å². The SMILES string of the molecule is CC(C)[C@@H]1COc2ccc(-c3ccc(C(F)(F)F)cc3)cc2CN1. The van der Waals surface area contributed by atoms with Gasteiger partial charge in [0.05, 0.1) is 5.56 Å². The molecule has 0 bridgehead atoms. The van der Waals surface area contributed by atoms with Crippen LogP contribution in [0.5, 0.6) is 5.75 Å². The highest BCUT2D eigenvalue weighted by molar-refractivity contribution is 5.66. The summed E-state index contributed by atoms with van der Waals surface area (Å²) in [7, 11) is 0. The van der Waals surface area contributed by atoms with E-state index in [0.29, 0.717) is 19.1 Å². The fourth-order valence-electron chi connectivity index (χ4n) is 2.80. The second-order valence-electron chi connectivity index (χ2n) is 6.44. The second kappa shape index (κ2) is 6.48. The smallest absolute Gasteiger partial charge is 0.416 e. The van der Waals surface area contributed by atoms with Gasteiger partial charge < -0.3 is 10.1 Å². The molecule has 0 fully saturated rings. The van der Waals surface area contributed by atoms with E-state index in [2.05, 4.69) is 19.2 Å². The van der Waals surface area contributed by atoms with Crippen molar-refractivity contribution in [3.8, 4) is 16.9 Å². The topological polar surface area (TPSA) is 21.3 Å². The van der Waals surface area contributed by atoms with Crippen LogP contribution in [-0.2, 0) is 12.7 Å². The van der Waals surface area contributed by atoms with Crippen LogP contribution < -0.4 is 10.1 Å². The first-order valence-electron chi connectivity index (χ1n) is 8.01. The molecule has 128 valence electrons. The summed E-state index contributed by atoms with van der Waals surface area (Å²) in [6, 6.07) is 11.3. The van der Waals surface area contributed by atoms with Crippen molar-refractivity contribution >= 4 is 0 Å². The molecule has 1 N–H and O–H groups in total. The Labute approximate surface area is 139 Å². The van der Waals surface area contributed by atoms with E-state index in [1.165, 1.54) is 12.1 Å². The van der Waals surface area contributed by atoms with Crippen molar-refractivity contribution in [3.05, 3.63) is 53.6 Å². The number of hydrogen-bond acceptors (Lipinski definition) is 2. The summed E-state index contributed by atoms with van der Waals surface area (Å²) in [5, 5.41) is 3.47. The van der Waals surface area contributed by atoms with Crippen molar-refractivity contribution in [1.29, 1.82) is 0 Å². The summed E-state index contributed by atoms with van der Waals surface area (Å²) in [6.45, 7) is 5.59. The van der Waals surface area contributed by atoms with Gasteiger partial charge in [-0.15, -0.1) is 0 Å². The van der Waals surface area contributed by atoms with Crippen LogP contribution in [0.15, 0.2) is 42.5 Å². The van der Waals surface area contributed by atoms with Gasteiger partial charge in [-0.1, -0.05) is 32.0 Å². The maximum atomic E-state index is 12.7. The lowest BCUT2D eigenvalue weighted by molar-refractivity contribution is -0.137. The molecule has 0 saturated carbocycles. The molecule has 0 radical (unpaired) electrons. The van der Waals surface area contributed by atoms with Crippen molar-refractivity contribution in [2.24, 2.45) is 5.92 Å². The van der Waals surface area contributed by atoms with Gasteiger partial charge in [-0.2, -0.15) is 13.2 Å². The minimum Gasteiger partial charge on any atom is -0.492 e. The molecule has 0 spiro atoms. The molecule has 2 aromatic rings. The van der Waals surface area contributed by atoms with E-state index in [1.807, 2.05) is 18.2 Å². The standard InChI is InChI=1S/C19H20F3NO/c1-12(2)17-11-24-18-8-5-14(9-15(18)10-23-17)13-3-6-16(7-4-13)19(20,21)22/h3-9,12,17,23H,10-11H2,1-2H3/t17-/m0/s1. The quantitative estimate of drug-likeness (QED) is 0.845. The molecule has 0 unspecified atom stereocenters. The van der Waals surface area contributed by atoms with Gasteiger partial charge in [0.25, 0.3) is 0 Å². The predicted octanol–water partition coefficient (Wildman–Crippen LogP) is 4.88. The van der Waals surface area contributed by atoms with E-state index >= 15 is 0 Å². The lowest BCUT2D eigenvalue weighted by Crippen LogP contribution is -2.36. The number of halogens is 3. The first-order chi connectivity index (χ1) is 11.3. The molecule has 1 aliphatic heterocycles. The van der Waals surface area contributed by atoms with Crippen LogP contribution in [0.3, 0.4) is 0 Å². The van der Waals surface area contributed by atoms with Crippen LogP contribution >= 0.6 is 0 Å². The minimum absolute atomic E-state index is 0.284. The van der Waals surface area contributed by atoms with Gasteiger partial charge in [0.1, 0.15) is 12.4 Å². The summed E-state index contributed by atoms with van der Waals surface area (Å²) in [5.41, 5.74) is 2.03. The Morgan fingerprint density at radius 2 is 1.71 bits per heavy atom. The monoisotopic (exact) mass is 335 g/mol. The Hall–Kier alpha value is -2.01. The molecule has 0 aromatic heterocycles. The van der Waals surface area contributed by atoms with E-state index in [9.17, 15) is 13.2 Å². The van der Waals surface area contributed by atoms with Gasteiger partial charge in [0.2, 0.25) is 0 Å². The third-order valence-electron chi connectivity index (χ3n) is 4.38. The lowest BCUT2D eigenvalue weighted by atomic mass is 10.0. The number of benzene rings is 2. The zero-order valence-corrected chi connectivity index (χ0v) is 13.7. The molecule has 0 amide bonds. The van der Waals surface area contributed by atoms with Crippen molar-refractivity contribution in [2.75, 3.05) is 6.61 Å². The third kappa shape index (κ3) is 3.56. The Bertz CT molecular complexity index is 708. The fourth-order valence-corrected chi connectivity index (χ4v) is 2.80. The van der Waals surface area contributed by atoms with Crippen LogP contribution in [0.25, 0.3) is 11.1 Å². The van der Waals surface area contributed by atoms with E-state index in [-0.39, 0.29) is 6.04 Å². The number of alkyl halides is 3. The number of ether oxygens (including phenoxy) is 1. The van der Waals surface area contributed by atoms with Crippen LogP contribution in [0, 0.1) is 5.92 Å². The highest BCUT2D eigenvalue weighted by atomic mass is 19.4. The van der Waals surface area contributed by atoms with Gasteiger partial charge in [-0.3, -0.25) is 0 Å². The Morgan fingerprint density at radius 3 is 2.33 bits per heavy atom. The van der Waals surface area contributed by atoms with Crippen LogP contribution in [0.1, 0.15) is 25.0 Å². The molecule has 1 atom stereocenters. The highest BCUT2D eigenvalue weighted by Crippen LogP contribution is 2.32. The molecule has 0 saturated heterocycles. The predicted molar refractivity (Wildman–Crippen MR) is 87.8 cm³/mol. The first-order valence-corrected chi connectivity index (χ1v) is 8.01. The summed E-state index contributed by atoms with van der Waals surface area (Å²) in [6.07, 6.45) is -4.31. The first kappa shape index (κ1) is 16.8. The van der Waals surface area contributed by atoms with Crippen molar-refractivity contribution < 1.29 is 17.9 Å². The van der Waals surface area contributed by atoms with Crippen LogP contribution in [-0.4, -0.2) is 12.6 Å². The maximum absolute atomic E-state index is 12.7. The molecular weight excluding hydrogens is 315 g/mol. The Morgan fingerprint density at radius 1 is 1.04 bits per heavy atom. The normalized spacial score (nSPS) is 18.0.